The number of para-hydroxylation sites is 1. The first-order valence-electron chi connectivity index (χ1n) is 13.6. The number of esters is 1. The van der Waals surface area contributed by atoms with Crippen LogP contribution in [-0.2, 0) is 11.3 Å². The predicted octanol–water partition coefficient (Wildman–Crippen LogP) is 6.29. The van der Waals surface area contributed by atoms with E-state index in [9.17, 15) is 14.7 Å². The van der Waals surface area contributed by atoms with Crippen LogP contribution in [-0.4, -0.2) is 45.5 Å². The van der Waals surface area contributed by atoms with Crippen LogP contribution < -0.4 is 15.6 Å². The van der Waals surface area contributed by atoms with Crippen molar-refractivity contribution >= 4 is 34.9 Å². The summed E-state index contributed by atoms with van der Waals surface area (Å²) < 4.78 is 14.5. The van der Waals surface area contributed by atoms with Crippen molar-refractivity contribution in [3.63, 3.8) is 0 Å². The second-order valence-corrected chi connectivity index (χ2v) is 10.8. The molecule has 2 aromatic carbocycles. The number of rotatable bonds is 11. The van der Waals surface area contributed by atoms with Crippen molar-refractivity contribution < 1.29 is 19.4 Å². The van der Waals surface area contributed by atoms with Gasteiger partial charge in [0.05, 0.1) is 43.3 Å². The van der Waals surface area contributed by atoms with Gasteiger partial charge < -0.3 is 29.0 Å². The van der Waals surface area contributed by atoms with Crippen LogP contribution in [0.1, 0.15) is 60.2 Å². The SMILES string of the molecule is CCOC(=O)c1nc(-c2ccccc2OC)n(C(C)C)c1C(Nc1cc(Cl)c(=O)n(CCO)c1)c1ccc(Cl)cc1C. The van der Waals surface area contributed by atoms with Crippen LogP contribution >= 0.6 is 23.2 Å². The Morgan fingerprint density at radius 3 is 2.52 bits per heavy atom. The summed E-state index contributed by atoms with van der Waals surface area (Å²) in [7, 11) is 1.58. The van der Waals surface area contributed by atoms with Gasteiger partial charge in [0.15, 0.2) is 5.69 Å². The highest BCUT2D eigenvalue weighted by Gasteiger charge is 2.33. The molecule has 1 atom stereocenters. The monoisotopic (exact) mass is 612 g/mol. The fourth-order valence-corrected chi connectivity index (χ4v) is 5.44. The molecular formula is C31H34Cl2N4O5. The quantitative estimate of drug-likeness (QED) is 0.192. The van der Waals surface area contributed by atoms with Gasteiger partial charge in [0.25, 0.3) is 5.56 Å². The Morgan fingerprint density at radius 1 is 1.14 bits per heavy atom. The lowest BCUT2D eigenvalue weighted by Crippen LogP contribution is -2.25. The number of nitrogens with zero attached hydrogens (tertiary/aromatic N) is 3. The maximum atomic E-state index is 13.5. The number of carbonyl (C=O) groups is 1. The summed E-state index contributed by atoms with van der Waals surface area (Å²) in [5, 5.41) is 13.6. The van der Waals surface area contributed by atoms with Crippen LogP contribution in [0.25, 0.3) is 11.4 Å². The minimum absolute atomic E-state index is 0.0160. The van der Waals surface area contributed by atoms with Gasteiger partial charge >= 0.3 is 5.97 Å². The Bertz CT molecular complexity index is 1650. The van der Waals surface area contributed by atoms with Crippen molar-refractivity contribution in [2.75, 3.05) is 25.6 Å². The molecule has 0 radical (unpaired) electrons. The van der Waals surface area contributed by atoms with E-state index in [1.165, 1.54) is 10.6 Å². The molecule has 42 heavy (non-hydrogen) atoms. The summed E-state index contributed by atoms with van der Waals surface area (Å²) in [6, 6.07) is 13.7. The van der Waals surface area contributed by atoms with Crippen LogP contribution in [0.2, 0.25) is 10.0 Å². The molecule has 0 aliphatic carbocycles. The van der Waals surface area contributed by atoms with Crippen LogP contribution in [0.5, 0.6) is 5.75 Å². The average Bonchev–Trinajstić information content (AvgIpc) is 3.36. The van der Waals surface area contributed by atoms with E-state index in [0.717, 1.165) is 11.1 Å². The molecule has 2 N–H and O–H groups in total. The molecule has 2 heterocycles. The van der Waals surface area contributed by atoms with Gasteiger partial charge in [0.2, 0.25) is 0 Å². The number of hydrogen-bond acceptors (Lipinski definition) is 7. The number of aromatic nitrogens is 3. The van der Waals surface area contributed by atoms with Crippen LogP contribution in [0.15, 0.2) is 59.5 Å². The van der Waals surface area contributed by atoms with Crippen molar-refractivity contribution in [1.82, 2.24) is 14.1 Å². The Morgan fingerprint density at radius 2 is 1.88 bits per heavy atom. The average molecular weight is 614 g/mol. The Kier molecular flexibility index (Phi) is 9.98. The molecule has 2 aromatic heterocycles. The third kappa shape index (κ3) is 6.33. The maximum absolute atomic E-state index is 13.5. The van der Waals surface area contributed by atoms with Crippen LogP contribution in [0.3, 0.4) is 0 Å². The fourth-order valence-electron chi connectivity index (χ4n) is 4.99. The first-order chi connectivity index (χ1) is 20.1. The molecule has 0 saturated carbocycles. The van der Waals surface area contributed by atoms with Gasteiger partial charge in [-0.1, -0.05) is 41.4 Å². The Balaban J connectivity index is 2.07. The van der Waals surface area contributed by atoms with E-state index < -0.39 is 17.6 Å². The molecule has 0 fully saturated rings. The number of aryl methyl sites for hydroxylation is 1. The van der Waals surface area contributed by atoms with Crippen LogP contribution in [0, 0.1) is 6.92 Å². The molecule has 0 bridgehead atoms. The van der Waals surface area contributed by atoms with Crippen molar-refractivity contribution in [3.05, 3.63) is 97.6 Å². The molecule has 9 nitrogen and oxygen atoms in total. The molecule has 0 spiro atoms. The van der Waals surface area contributed by atoms with Gasteiger partial charge in [-0.25, -0.2) is 9.78 Å². The van der Waals surface area contributed by atoms with Gasteiger partial charge in [-0.05, 0) is 69.2 Å². The number of imidazole rings is 1. The molecule has 4 rings (SSSR count). The summed E-state index contributed by atoms with van der Waals surface area (Å²) in [5.74, 6) is 0.549. The number of carbonyl (C=O) groups excluding carboxylic acids is 1. The summed E-state index contributed by atoms with van der Waals surface area (Å²) in [6.07, 6.45) is 1.59. The van der Waals surface area contributed by atoms with E-state index in [1.54, 1.807) is 26.3 Å². The van der Waals surface area contributed by atoms with E-state index >= 15 is 0 Å². The van der Waals surface area contributed by atoms with Gasteiger partial charge in [-0.3, -0.25) is 4.79 Å². The summed E-state index contributed by atoms with van der Waals surface area (Å²) in [6.45, 7) is 7.66. The summed E-state index contributed by atoms with van der Waals surface area (Å²) in [4.78, 5) is 31.0. The van der Waals surface area contributed by atoms with Crippen molar-refractivity contribution in [1.29, 1.82) is 0 Å². The number of anilines is 1. The Hall–Kier alpha value is -3.79. The van der Waals surface area contributed by atoms with E-state index in [-0.39, 0.29) is 36.5 Å². The summed E-state index contributed by atoms with van der Waals surface area (Å²) in [5.41, 5.74) is 3.13. The number of ether oxygens (including phenoxy) is 2. The lowest BCUT2D eigenvalue weighted by molar-refractivity contribution is 0.0518. The molecule has 11 heteroatoms. The van der Waals surface area contributed by atoms with Gasteiger partial charge in [-0.15, -0.1) is 0 Å². The number of hydrogen-bond donors (Lipinski definition) is 2. The van der Waals surface area contributed by atoms with E-state index in [0.29, 0.717) is 33.5 Å². The zero-order chi connectivity index (χ0) is 30.6. The van der Waals surface area contributed by atoms with Gasteiger partial charge in [-0.2, -0.15) is 0 Å². The molecule has 0 amide bonds. The largest absolute Gasteiger partial charge is 0.496 e. The number of benzene rings is 2. The lowest BCUT2D eigenvalue weighted by atomic mass is 9.96. The van der Waals surface area contributed by atoms with Crippen molar-refractivity contribution in [2.45, 2.75) is 46.3 Å². The Labute approximate surface area is 254 Å². The topological polar surface area (TPSA) is 108 Å². The van der Waals surface area contributed by atoms with E-state index in [2.05, 4.69) is 5.32 Å². The second kappa shape index (κ2) is 13.5. The minimum atomic E-state index is -0.670. The van der Waals surface area contributed by atoms with Crippen molar-refractivity contribution in [2.24, 2.45) is 0 Å². The normalized spacial score (nSPS) is 11.9. The van der Waals surface area contributed by atoms with E-state index in [4.69, 9.17) is 37.7 Å². The third-order valence-corrected chi connectivity index (χ3v) is 7.30. The maximum Gasteiger partial charge on any atom is 0.358 e. The molecule has 0 saturated heterocycles. The molecule has 222 valence electrons. The predicted molar refractivity (Wildman–Crippen MR) is 165 cm³/mol. The number of aliphatic hydroxyl groups is 1. The highest BCUT2D eigenvalue weighted by Crippen LogP contribution is 2.39. The highest BCUT2D eigenvalue weighted by atomic mass is 35.5. The van der Waals surface area contributed by atoms with Crippen molar-refractivity contribution in [3.8, 4) is 17.1 Å². The smallest absolute Gasteiger partial charge is 0.358 e. The number of pyridine rings is 1. The molecule has 0 aliphatic heterocycles. The first-order valence-corrected chi connectivity index (χ1v) is 14.3. The molecule has 1 unspecified atom stereocenters. The fraction of sp³-hybridized carbons (Fsp3) is 0.323. The minimum Gasteiger partial charge on any atom is -0.496 e. The van der Waals surface area contributed by atoms with Crippen LogP contribution in [0.4, 0.5) is 5.69 Å². The highest BCUT2D eigenvalue weighted by molar-refractivity contribution is 6.31. The van der Waals surface area contributed by atoms with Gasteiger partial charge in [0.1, 0.15) is 16.6 Å². The molecule has 4 aromatic rings. The number of halogens is 2. The summed E-state index contributed by atoms with van der Waals surface area (Å²) >= 11 is 12.7. The standard InChI is InChI=1S/C31H34Cl2N4O5/c1-6-42-31(40)27-28(37(18(2)3)29(35-27)23-9-7-8-10-25(23)41-5)26(22-12-11-20(32)15-19(22)4)34-21-16-24(33)30(39)36(17-21)13-14-38/h7-12,15-18,26,34,38H,6,13-14H2,1-5H3. The number of methoxy groups -OCH3 is 1. The first kappa shape index (κ1) is 31.2. The second-order valence-electron chi connectivity index (χ2n) is 9.93. The van der Waals surface area contributed by atoms with Gasteiger partial charge in [0, 0.05) is 23.8 Å². The zero-order valence-electron chi connectivity index (χ0n) is 24.1. The lowest BCUT2D eigenvalue weighted by Gasteiger charge is -2.27. The number of nitrogens with one attached hydrogen (secondary N) is 1. The number of aliphatic hydroxyl groups excluding tert-OH is 1. The van der Waals surface area contributed by atoms with E-state index in [1.807, 2.05) is 61.7 Å². The molecular weight excluding hydrogens is 579 g/mol. The third-order valence-electron chi connectivity index (χ3n) is 6.79. The zero-order valence-corrected chi connectivity index (χ0v) is 25.7. The molecule has 0 aliphatic rings.